The van der Waals surface area contributed by atoms with E-state index in [4.69, 9.17) is 0 Å². The topological polar surface area (TPSA) is 75.4 Å². The summed E-state index contributed by atoms with van der Waals surface area (Å²) in [5.41, 5.74) is 0. The molecule has 1 heterocycles. The van der Waals surface area contributed by atoms with Crippen LogP contribution in [0, 0.1) is 0 Å². The Morgan fingerprint density at radius 1 is 1.44 bits per heavy atom. The lowest BCUT2D eigenvalue weighted by molar-refractivity contribution is -0.134. The minimum Gasteiger partial charge on any atom is -0.363 e. The molecule has 1 N–H and O–H groups in total. The summed E-state index contributed by atoms with van der Waals surface area (Å²) in [6, 6.07) is 1.55. The smallest absolute Gasteiger partial charge is 0.245 e. The highest BCUT2D eigenvalue weighted by molar-refractivity contribution is 5.93. The van der Waals surface area contributed by atoms with Crippen LogP contribution in [0.25, 0.3) is 0 Å². The predicted molar refractivity (Wildman–Crippen MR) is 66.9 cm³/mol. The molecule has 0 unspecified atom stereocenters. The van der Waals surface area contributed by atoms with Gasteiger partial charge in [-0.05, 0) is 13.3 Å². The summed E-state index contributed by atoms with van der Waals surface area (Å²) in [4.78, 5) is 25.0. The van der Waals surface area contributed by atoms with Crippen molar-refractivity contribution in [3.63, 3.8) is 0 Å². The Labute approximate surface area is 106 Å². The first-order valence-corrected chi connectivity index (χ1v) is 6.15. The number of hydrogen-bond donors (Lipinski definition) is 1. The molecule has 1 rings (SSSR count). The maximum absolute atomic E-state index is 11.8. The first kappa shape index (κ1) is 14.2. The van der Waals surface area contributed by atoms with Crippen LogP contribution in [0.4, 0.5) is 5.82 Å². The fourth-order valence-corrected chi connectivity index (χ4v) is 1.50. The molecule has 1 aromatic heterocycles. The normalized spacial score (nSPS) is 10.1. The Kier molecular flexibility index (Phi) is 5.90. The van der Waals surface area contributed by atoms with Crippen molar-refractivity contribution in [2.45, 2.75) is 33.1 Å². The largest absolute Gasteiger partial charge is 0.363 e. The number of aromatic nitrogens is 1. The van der Waals surface area contributed by atoms with Crippen molar-refractivity contribution < 1.29 is 14.1 Å². The van der Waals surface area contributed by atoms with Crippen LogP contribution in [0.2, 0.25) is 0 Å². The highest BCUT2D eigenvalue weighted by atomic mass is 16.5. The van der Waals surface area contributed by atoms with Crippen LogP contribution in [0.15, 0.2) is 16.9 Å². The quantitative estimate of drug-likeness (QED) is 0.801. The summed E-state index contributed by atoms with van der Waals surface area (Å²) in [6.07, 6.45) is 3.68. The SMILES string of the molecule is CCCCC(=O)N(CC)CC(=O)Nc1ccon1. The molecule has 0 bridgehead atoms. The van der Waals surface area contributed by atoms with Crippen molar-refractivity contribution in [2.75, 3.05) is 18.4 Å². The van der Waals surface area contributed by atoms with Gasteiger partial charge in [0.25, 0.3) is 0 Å². The molecule has 1 aromatic rings. The van der Waals surface area contributed by atoms with Gasteiger partial charge in [0.1, 0.15) is 6.26 Å². The second-order valence-corrected chi connectivity index (χ2v) is 3.94. The van der Waals surface area contributed by atoms with Crippen molar-refractivity contribution in [3.8, 4) is 0 Å². The van der Waals surface area contributed by atoms with E-state index in [9.17, 15) is 9.59 Å². The number of nitrogens with one attached hydrogen (secondary N) is 1. The average molecular weight is 253 g/mol. The number of unbranched alkanes of at least 4 members (excludes halogenated alkanes) is 1. The maximum Gasteiger partial charge on any atom is 0.245 e. The van der Waals surface area contributed by atoms with Gasteiger partial charge < -0.3 is 14.7 Å². The monoisotopic (exact) mass is 253 g/mol. The lowest BCUT2D eigenvalue weighted by Gasteiger charge is -2.19. The first-order chi connectivity index (χ1) is 8.67. The van der Waals surface area contributed by atoms with Gasteiger partial charge in [-0.3, -0.25) is 9.59 Å². The molecule has 100 valence electrons. The summed E-state index contributed by atoms with van der Waals surface area (Å²) in [5.74, 6) is 0.0994. The molecule has 18 heavy (non-hydrogen) atoms. The molecule has 0 aromatic carbocycles. The van der Waals surface area contributed by atoms with Crippen LogP contribution in [0.3, 0.4) is 0 Å². The van der Waals surface area contributed by atoms with Gasteiger partial charge in [0.05, 0.1) is 6.54 Å². The molecule has 0 saturated carbocycles. The lowest BCUT2D eigenvalue weighted by Crippen LogP contribution is -2.37. The molecule has 0 saturated heterocycles. The Morgan fingerprint density at radius 2 is 2.22 bits per heavy atom. The van der Waals surface area contributed by atoms with E-state index in [1.165, 1.54) is 11.2 Å². The van der Waals surface area contributed by atoms with Gasteiger partial charge in [-0.2, -0.15) is 0 Å². The molecular weight excluding hydrogens is 234 g/mol. The molecule has 0 radical (unpaired) electrons. The summed E-state index contributed by atoms with van der Waals surface area (Å²) in [6.45, 7) is 4.45. The van der Waals surface area contributed by atoms with Gasteiger partial charge in [-0.1, -0.05) is 18.5 Å². The molecule has 0 fully saturated rings. The maximum atomic E-state index is 11.8. The number of carbonyl (C=O) groups excluding carboxylic acids is 2. The van der Waals surface area contributed by atoms with E-state index in [0.717, 1.165) is 12.8 Å². The minimum atomic E-state index is -0.268. The highest BCUT2D eigenvalue weighted by Gasteiger charge is 2.15. The number of likely N-dealkylation sites (N-methyl/N-ethyl adjacent to an activating group) is 1. The van der Waals surface area contributed by atoms with Gasteiger partial charge in [0.2, 0.25) is 11.8 Å². The van der Waals surface area contributed by atoms with Crippen LogP contribution in [0.1, 0.15) is 33.1 Å². The standard InChI is InChI=1S/C12H19N3O3/c1-3-5-6-12(17)15(4-2)9-11(16)13-10-7-8-18-14-10/h7-8H,3-6,9H2,1-2H3,(H,13,14,16). The molecule has 6 nitrogen and oxygen atoms in total. The van der Waals surface area contributed by atoms with Gasteiger partial charge in [0, 0.05) is 19.0 Å². The van der Waals surface area contributed by atoms with E-state index in [1.54, 1.807) is 6.07 Å². The summed E-state index contributed by atoms with van der Waals surface area (Å²) in [5, 5.41) is 6.13. The molecule has 6 heteroatoms. The fourth-order valence-electron chi connectivity index (χ4n) is 1.50. The molecular formula is C12H19N3O3. The lowest BCUT2D eigenvalue weighted by atomic mass is 10.2. The number of hydrogen-bond acceptors (Lipinski definition) is 4. The Balaban J connectivity index is 2.42. The van der Waals surface area contributed by atoms with Crippen molar-refractivity contribution in [2.24, 2.45) is 0 Å². The van der Waals surface area contributed by atoms with Crippen LogP contribution >= 0.6 is 0 Å². The van der Waals surface area contributed by atoms with Gasteiger partial charge in [0.15, 0.2) is 5.82 Å². The number of amides is 2. The third-order valence-electron chi connectivity index (χ3n) is 2.52. The van der Waals surface area contributed by atoms with Crippen molar-refractivity contribution >= 4 is 17.6 Å². The first-order valence-electron chi connectivity index (χ1n) is 6.15. The molecule has 2 amide bonds. The molecule has 0 atom stereocenters. The summed E-state index contributed by atoms with van der Waals surface area (Å²) in [7, 11) is 0. The number of carbonyl (C=O) groups is 2. The van der Waals surface area contributed by atoms with Crippen LogP contribution in [0.5, 0.6) is 0 Å². The zero-order valence-corrected chi connectivity index (χ0v) is 10.8. The molecule has 0 spiro atoms. The molecule has 0 aliphatic carbocycles. The summed E-state index contributed by atoms with van der Waals surface area (Å²) >= 11 is 0. The number of anilines is 1. The van der Waals surface area contributed by atoms with Crippen molar-refractivity contribution in [1.29, 1.82) is 0 Å². The zero-order valence-electron chi connectivity index (χ0n) is 10.8. The van der Waals surface area contributed by atoms with E-state index in [2.05, 4.69) is 15.0 Å². The van der Waals surface area contributed by atoms with E-state index in [1.807, 2.05) is 13.8 Å². The third-order valence-corrected chi connectivity index (χ3v) is 2.52. The van der Waals surface area contributed by atoms with Gasteiger partial charge in [-0.15, -0.1) is 0 Å². The van der Waals surface area contributed by atoms with Crippen LogP contribution in [-0.4, -0.2) is 35.0 Å². The van der Waals surface area contributed by atoms with Gasteiger partial charge in [-0.25, -0.2) is 0 Å². The average Bonchev–Trinajstić information content (AvgIpc) is 2.85. The second-order valence-electron chi connectivity index (χ2n) is 3.94. The third kappa shape index (κ3) is 4.57. The Morgan fingerprint density at radius 3 is 2.78 bits per heavy atom. The second kappa shape index (κ2) is 7.47. The van der Waals surface area contributed by atoms with E-state index >= 15 is 0 Å². The minimum absolute atomic E-state index is 0.00894. The van der Waals surface area contributed by atoms with Gasteiger partial charge >= 0.3 is 0 Å². The van der Waals surface area contributed by atoms with E-state index < -0.39 is 0 Å². The van der Waals surface area contributed by atoms with Crippen molar-refractivity contribution in [1.82, 2.24) is 10.1 Å². The van der Waals surface area contributed by atoms with E-state index in [0.29, 0.717) is 18.8 Å². The number of rotatable bonds is 7. The predicted octanol–water partition coefficient (Wildman–Crippen LogP) is 1.65. The Hall–Kier alpha value is -1.85. The van der Waals surface area contributed by atoms with Crippen LogP contribution in [-0.2, 0) is 9.59 Å². The highest BCUT2D eigenvalue weighted by Crippen LogP contribution is 2.03. The van der Waals surface area contributed by atoms with Crippen molar-refractivity contribution in [3.05, 3.63) is 12.3 Å². The number of nitrogens with zero attached hydrogens (tertiary/aromatic N) is 2. The van der Waals surface area contributed by atoms with E-state index in [-0.39, 0.29) is 18.4 Å². The Bertz CT molecular complexity index is 376. The van der Waals surface area contributed by atoms with Crippen LogP contribution < -0.4 is 5.32 Å². The zero-order chi connectivity index (χ0) is 13.4. The summed E-state index contributed by atoms with van der Waals surface area (Å²) < 4.78 is 4.60. The molecule has 0 aliphatic heterocycles. The molecule has 0 aliphatic rings. The fraction of sp³-hybridized carbons (Fsp3) is 0.583.